The fourth-order valence-corrected chi connectivity index (χ4v) is 3.96. The van der Waals surface area contributed by atoms with Crippen molar-refractivity contribution >= 4 is 11.6 Å². The van der Waals surface area contributed by atoms with Crippen molar-refractivity contribution in [3.8, 4) is 0 Å². The number of nitrogens with zero attached hydrogens (tertiary/aromatic N) is 3. The Balaban J connectivity index is 1.47. The first-order valence-electron chi connectivity index (χ1n) is 8.92. The minimum absolute atomic E-state index is 0.174. The van der Waals surface area contributed by atoms with Crippen molar-refractivity contribution in [1.82, 2.24) is 15.2 Å². The van der Waals surface area contributed by atoms with Crippen LogP contribution in [-0.2, 0) is 11.3 Å². The van der Waals surface area contributed by atoms with E-state index >= 15 is 0 Å². The van der Waals surface area contributed by atoms with Gasteiger partial charge in [-0.3, -0.25) is 14.7 Å². The molecule has 1 spiro atoms. The largest absolute Gasteiger partial charge is 0.339 e. The van der Waals surface area contributed by atoms with Crippen molar-refractivity contribution in [2.24, 2.45) is 0 Å². The van der Waals surface area contributed by atoms with Crippen LogP contribution in [0.25, 0.3) is 0 Å². The molecule has 0 radical (unpaired) electrons. The zero-order valence-electron chi connectivity index (χ0n) is 14.6. The number of hydrogen-bond donors (Lipinski definition) is 1. The standard InChI is InChI=1S/C20H24N4O/c1-16-7-8-17(13-21-16)14-23-11-9-20(10-12-23)19(25)22-15-24(20)18-5-3-2-4-6-18/h2-8,13H,9-12,14-15H2,1H3,(H,22,25). The molecule has 2 aliphatic rings. The van der Waals surface area contributed by atoms with Gasteiger partial charge in [0.25, 0.3) is 0 Å². The number of piperidine rings is 1. The Labute approximate surface area is 148 Å². The van der Waals surface area contributed by atoms with Crippen molar-refractivity contribution in [1.29, 1.82) is 0 Å². The summed E-state index contributed by atoms with van der Waals surface area (Å²) < 4.78 is 0. The molecule has 1 N–H and O–H groups in total. The van der Waals surface area contributed by atoms with E-state index < -0.39 is 5.54 Å². The molecule has 0 saturated carbocycles. The van der Waals surface area contributed by atoms with Gasteiger partial charge in [-0.25, -0.2) is 0 Å². The lowest BCUT2D eigenvalue weighted by molar-refractivity contribution is -0.125. The predicted molar refractivity (Wildman–Crippen MR) is 98.1 cm³/mol. The third-order valence-corrected chi connectivity index (χ3v) is 5.47. The zero-order valence-corrected chi connectivity index (χ0v) is 14.6. The van der Waals surface area contributed by atoms with E-state index in [2.05, 4.69) is 44.4 Å². The monoisotopic (exact) mass is 336 g/mol. The number of carbonyl (C=O) groups excluding carboxylic acids is 1. The van der Waals surface area contributed by atoms with E-state index in [-0.39, 0.29) is 5.91 Å². The van der Waals surface area contributed by atoms with Gasteiger partial charge in [-0.1, -0.05) is 24.3 Å². The Morgan fingerprint density at radius 3 is 2.56 bits per heavy atom. The van der Waals surface area contributed by atoms with Crippen LogP contribution in [0.2, 0.25) is 0 Å². The highest BCUT2D eigenvalue weighted by Crippen LogP contribution is 2.36. The number of hydrogen-bond acceptors (Lipinski definition) is 4. The summed E-state index contributed by atoms with van der Waals surface area (Å²) in [5.41, 5.74) is 3.00. The molecule has 4 rings (SSSR count). The van der Waals surface area contributed by atoms with Gasteiger partial charge in [0, 0.05) is 37.2 Å². The number of para-hydroxylation sites is 1. The van der Waals surface area contributed by atoms with Crippen molar-refractivity contribution in [3.05, 3.63) is 59.9 Å². The molecular weight excluding hydrogens is 312 g/mol. The van der Waals surface area contributed by atoms with E-state index in [1.807, 2.05) is 31.3 Å². The van der Waals surface area contributed by atoms with Gasteiger partial charge in [0.1, 0.15) is 5.54 Å². The van der Waals surface area contributed by atoms with E-state index in [0.29, 0.717) is 6.67 Å². The van der Waals surface area contributed by atoms with Gasteiger partial charge in [-0.2, -0.15) is 0 Å². The van der Waals surface area contributed by atoms with E-state index in [1.54, 1.807) is 0 Å². The average Bonchev–Trinajstić information content (AvgIpc) is 2.96. The van der Waals surface area contributed by atoms with Crippen molar-refractivity contribution in [2.75, 3.05) is 24.7 Å². The van der Waals surface area contributed by atoms with Gasteiger partial charge in [0.2, 0.25) is 5.91 Å². The van der Waals surface area contributed by atoms with Crippen LogP contribution in [0, 0.1) is 6.92 Å². The second-order valence-corrected chi connectivity index (χ2v) is 7.04. The predicted octanol–water partition coefficient (Wildman–Crippen LogP) is 2.32. The Morgan fingerprint density at radius 1 is 1.12 bits per heavy atom. The maximum atomic E-state index is 12.7. The molecule has 3 heterocycles. The Bertz CT molecular complexity index is 736. The smallest absolute Gasteiger partial charge is 0.247 e. The fraction of sp³-hybridized carbons (Fsp3) is 0.400. The van der Waals surface area contributed by atoms with Crippen LogP contribution < -0.4 is 10.2 Å². The van der Waals surface area contributed by atoms with Crippen LogP contribution in [-0.4, -0.2) is 41.1 Å². The molecule has 0 aliphatic carbocycles. The van der Waals surface area contributed by atoms with E-state index in [9.17, 15) is 4.79 Å². The van der Waals surface area contributed by atoms with Crippen LogP contribution in [0.15, 0.2) is 48.7 Å². The number of carbonyl (C=O) groups is 1. The normalized spacial score (nSPS) is 20.0. The average molecular weight is 336 g/mol. The molecule has 2 saturated heterocycles. The summed E-state index contributed by atoms with van der Waals surface area (Å²) in [6.45, 7) is 5.35. The number of likely N-dealkylation sites (tertiary alicyclic amines) is 1. The highest BCUT2D eigenvalue weighted by Gasteiger charge is 2.50. The third-order valence-electron chi connectivity index (χ3n) is 5.47. The lowest BCUT2D eigenvalue weighted by Gasteiger charge is -2.43. The molecule has 1 aromatic heterocycles. The molecule has 5 heteroatoms. The first-order valence-corrected chi connectivity index (χ1v) is 8.92. The first kappa shape index (κ1) is 16.1. The highest BCUT2D eigenvalue weighted by atomic mass is 16.2. The van der Waals surface area contributed by atoms with Gasteiger partial charge in [0.15, 0.2) is 0 Å². The van der Waals surface area contributed by atoms with Crippen molar-refractivity contribution in [3.63, 3.8) is 0 Å². The van der Waals surface area contributed by atoms with Crippen molar-refractivity contribution < 1.29 is 4.79 Å². The Hall–Kier alpha value is -2.40. The molecule has 25 heavy (non-hydrogen) atoms. The molecule has 2 fully saturated rings. The SMILES string of the molecule is Cc1ccc(CN2CCC3(CC2)C(=O)NCN3c2ccccc2)cn1. The van der Waals surface area contributed by atoms with Crippen LogP contribution in [0.4, 0.5) is 5.69 Å². The number of aryl methyl sites for hydroxylation is 1. The summed E-state index contributed by atoms with van der Waals surface area (Å²) in [7, 11) is 0. The highest BCUT2D eigenvalue weighted by molar-refractivity contribution is 5.93. The van der Waals surface area contributed by atoms with Crippen LogP contribution in [0.3, 0.4) is 0 Å². The molecule has 5 nitrogen and oxygen atoms in total. The van der Waals surface area contributed by atoms with Gasteiger partial charge in [0.05, 0.1) is 6.67 Å². The van der Waals surface area contributed by atoms with Crippen LogP contribution >= 0.6 is 0 Å². The molecule has 1 amide bonds. The lowest BCUT2D eigenvalue weighted by atomic mass is 9.85. The lowest BCUT2D eigenvalue weighted by Crippen LogP contribution is -2.56. The number of pyridine rings is 1. The molecule has 130 valence electrons. The number of anilines is 1. The summed E-state index contributed by atoms with van der Waals surface area (Å²) in [5, 5.41) is 3.06. The van der Waals surface area contributed by atoms with Crippen LogP contribution in [0.1, 0.15) is 24.1 Å². The Morgan fingerprint density at radius 2 is 1.88 bits per heavy atom. The first-order chi connectivity index (χ1) is 12.2. The third kappa shape index (κ3) is 3.00. The summed E-state index contributed by atoms with van der Waals surface area (Å²) in [5.74, 6) is 0.174. The number of nitrogens with one attached hydrogen (secondary N) is 1. The fourth-order valence-electron chi connectivity index (χ4n) is 3.96. The topological polar surface area (TPSA) is 48.5 Å². The summed E-state index contributed by atoms with van der Waals surface area (Å²) in [4.78, 5) is 21.7. The minimum Gasteiger partial charge on any atom is -0.339 e. The minimum atomic E-state index is -0.399. The molecular formula is C20H24N4O. The second kappa shape index (κ2) is 6.48. The van der Waals surface area contributed by atoms with Gasteiger partial charge >= 0.3 is 0 Å². The maximum Gasteiger partial charge on any atom is 0.247 e. The molecule has 1 aromatic carbocycles. The summed E-state index contributed by atoms with van der Waals surface area (Å²) >= 11 is 0. The van der Waals surface area contributed by atoms with E-state index in [1.165, 1.54) is 5.56 Å². The van der Waals surface area contributed by atoms with Crippen LogP contribution in [0.5, 0.6) is 0 Å². The number of aromatic nitrogens is 1. The van der Waals surface area contributed by atoms with E-state index in [0.717, 1.165) is 43.9 Å². The number of rotatable bonds is 3. The van der Waals surface area contributed by atoms with Gasteiger partial charge < -0.3 is 10.2 Å². The molecule has 2 aliphatic heterocycles. The quantitative estimate of drug-likeness (QED) is 0.934. The molecule has 0 unspecified atom stereocenters. The second-order valence-electron chi connectivity index (χ2n) is 7.04. The van der Waals surface area contributed by atoms with Crippen molar-refractivity contribution in [2.45, 2.75) is 31.8 Å². The number of benzene rings is 1. The molecule has 0 atom stereocenters. The number of amides is 1. The summed E-state index contributed by atoms with van der Waals surface area (Å²) in [6.07, 6.45) is 3.66. The Kier molecular flexibility index (Phi) is 4.17. The van der Waals surface area contributed by atoms with E-state index in [4.69, 9.17) is 0 Å². The van der Waals surface area contributed by atoms with Gasteiger partial charge in [-0.05, 0) is 43.5 Å². The van der Waals surface area contributed by atoms with Gasteiger partial charge in [-0.15, -0.1) is 0 Å². The maximum absolute atomic E-state index is 12.7. The molecule has 0 bridgehead atoms. The zero-order chi connectivity index (χ0) is 17.3. The molecule has 2 aromatic rings. The summed E-state index contributed by atoms with van der Waals surface area (Å²) in [6, 6.07) is 14.5.